The fourth-order valence-electron chi connectivity index (χ4n) is 2.91. The van der Waals surface area contributed by atoms with Crippen LogP contribution in [0.25, 0.3) is 0 Å². The molecule has 0 bridgehead atoms. The SMILES string of the molecule is NCC1(c2ccc(F)cc2Cl)CCCCCC1. The van der Waals surface area contributed by atoms with Crippen LogP contribution in [0.3, 0.4) is 0 Å². The van der Waals surface area contributed by atoms with Gasteiger partial charge in [0.05, 0.1) is 0 Å². The van der Waals surface area contributed by atoms with Crippen LogP contribution in [0.1, 0.15) is 44.1 Å². The second-order valence-corrected chi connectivity index (χ2v) is 5.43. The van der Waals surface area contributed by atoms with E-state index in [1.54, 1.807) is 0 Å². The maximum absolute atomic E-state index is 13.1. The molecule has 1 nitrogen and oxygen atoms in total. The zero-order chi connectivity index (χ0) is 12.3. The van der Waals surface area contributed by atoms with Gasteiger partial charge in [-0.3, -0.25) is 0 Å². The Balaban J connectivity index is 2.38. The Morgan fingerprint density at radius 1 is 1.18 bits per heavy atom. The largest absolute Gasteiger partial charge is 0.330 e. The summed E-state index contributed by atoms with van der Waals surface area (Å²) in [4.78, 5) is 0. The van der Waals surface area contributed by atoms with Crippen molar-refractivity contribution in [3.63, 3.8) is 0 Å². The molecule has 2 rings (SSSR count). The van der Waals surface area contributed by atoms with E-state index in [1.165, 1.54) is 37.8 Å². The summed E-state index contributed by atoms with van der Waals surface area (Å²) in [7, 11) is 0. The van der Waals surface area contributed by atoms with Gasteiger partial charge >= 0.3 is 0 Å². The molecule has 1 aromatic carbocycles. The van der Waals surface area contributed by atoms with Gasteiger partial charge in [0, 0.05) is 17.0 Å². The Morgan fingerprint density at radius 3 is 2.35 bits per heavy atom. The van der Waals surface area contributed by atoms with Gasteiger partial charge in [-0.2, -0.15) is 0 Å². The average molecular weight is 256 g/mol. The van der Waals surface area contributed by atoms with E-state index in [1.807, 2.05) is 6.07 Å². The Bertz CT molecular complexity index is 384. The highest BCUT2D eigenvalue weighted by atomic mass is 35.5. The Morgan fingerprint density at radius 2 is 1.82 bits per heavy atom. The summed E-state index contributed by atoms with van der Waals surface area (Å²) in [6.07, 6.45) is 7.03. The van der Waals surface area contributed by atoms with Crippen molar-refractivity contribution in [2.75, 3.05) is 6.54 Å². The molecule has 2 N–H and O–H groups in total. The van der Waals surface area contributed by atoms with Gasteiger partial charge < -0.3 is 5.73 Å². The lowest BCUT2D eigenvalue weighted by atomic mass is 9.74. The first-order chi connectivity index (χ1) is 8.18. The lowest BCUT2D eigenvalue weighted by molar-refractivity contribution is 0.380. The van der Waals surface area contributed by atoms with Gasteiger partial charge in [0.1, 0.15) is 5.82 Å². The highest BCUT2D eigenvalue weighted by molar-refractivity contribution is 6.31. The third-order valence-corrected chi connectivity index (χ3v) is 4.27. The average Bonchev–Trinajstić information content (AvgIpc) is 2.55. The van der Waals surface area contributed by atoms with E-state index in [-0.39, 0.29) is 11.2 Å². The molecule has 0 unspecified atom stereocenters. The van der Waals surface area contributed by atoms with E-state index in [0.717, 1.165) is 18.4 Å². The second-order valence-electron chi connectivity index (χ2n) is 5.02. The molecule has 0 saturated heterocycles. The fourth-order valence-corrected chi connectivity index (χ4v) is 3.28. The molecule has 1 aliphatic carbocycles. The quantitative estimate of drug-likeness (QED) is 0.794. The van der Waals surface area contributed by atoms with Crippen molar-refractivity contribution in [1.82, 2.24) is 0 Å². The Labute approximate surface area is 107 Å². The van der Waals surface area contributed by atoms with Crippen LogP contribution in [0.4, 0.5) is 4.39 Å². The first kappa shape index (κ1) is 12.8. The Hall–Kier alpha value is -0.600. The van der Waals surface area contributed by atoms with E-state index >= 15 is 0 Å². The summed E-state index contributed by atoms with van der Waals surface area (Å²) in [5.74, 6) is -0.278. The molecule has 0 aliphatic heterocycles. The number of hydrogen-bond donors (Lipinski definition) is 1. The first-order valence-corrected chi connectivity index (χ1v) is 6.71. The van der Waals surface area contributed by atoms with Crippen LogP contribution in [-0.2, 0) is 5.41 Å². The topological polar surface area (TPSA) is 26.0 Å². The molecule has 0 heterocycles. The number of benzene rings is 1. The molecule has 0 spiro atoms. The molecule has 94 valence electrons. The molecule has 1 fully saturated rings. The normalized spacial score (nSPS) is 19.9. The van der Waals surface area contributed by atoms with Crippen molar-refractivity contribution < 1.29 is 4.39 Å². The van der Waals surface area contributed by atoms with Crippen LogP contribution >= 0.6 is 11.6 Å². The lowest BCUT2D eigenvalue weighted by Crippen LogP contribution is -2.35. The molecule has 0 atom stereocenters. The highest BCUT2D eigenvalue weighted by Gasteiger charge is 2.33. The van der Waals surface area contributed by atoms with Crippen molar-refractivity contribution in [3.05, 3.63) is 34.6 Å². The van der Waals surface area contributed by atoms with Gasteiger partial charge in [-0.05, 0) is 30.5 Å². The maximum Gasteiger partial charge on any atom is 0.124 e. The van der Waals surface area contributed by atoms with E-state index in [4.69, 9.17) is 17.3 Å². The van der Waals surface area contributed by atoms with Crippen molar-refractivity contribution in [2.24, 2.45) is 5.73 Å². The predicted molar refractivity (Wildman–Crippen MR) is 69.8 cm³/mol. The van der Waals surface area contributed by atoms with Gasteiger partial charge in [0.2, 0.25) is 0 Å². The standard InChI is InChI=1S/C14H19ClFN/c15-13-9-11(16)5-6-12(13)14(10-17)7-3-1-2-4-8-14/h5-6,9H,1-4,7-8,10,17H2. The fraction of sp³-hybridized carbons (Fsp3) is 0.571. The van der Waals surface area contributed by atoms with E-state index in [2.05, 4.69) is 0 Å². The van der Waals surface area contributed by atoms with Crippen molar-refractivity contribution in [2.45, 2.75) is 43.9 Å². The first-order valence-electron chi connectivity index (χ1n) is 6.33. The molecule has 1 saturated carbocycles. The zero-order valence-electron chi connectivity index (χ0n) is 10.0. The molecule has 3 heteroatoms. The molecule has 0 amide bonds. The molecular weight excluding hydrogens is 237 g/mol. The smallest absolute Gasteiger partial charge is 0.124 e. The van der Waals surface area contributed by atoms with Crippen LogP contribution in [0.2, 0.25) is 5.02 Å². The van der Waals surface area contributed by atoms with E-state index in [0.29, 0.717) is 11.6 Å². The van der Waals surface area contributed by atoms with Crippen molar-refractivity contribution in [3.8, 4) is 0 Å². The van der Waals surface area contributed by atoms with Gasteiger partial charge in [-0.1, -0.05) is 43.4 Å². The maximum atomic E-state index is 13.1. The predicted octanol–water partition coefficient (Wildman–Crippen LogP) is 4.03. The van der Waals surface area contributed by atoms with E-state index < -0.39 is 0 Å². The third-order valence-electron chi connectivity index (χ3n) is 3.95. The van der Waals surface area contributed by atoms with Crippen molar-refractivity contribution in [1.29, 1.82) is 0 Å². The number of hydrogen-bond acceptors (Lipinski definition) is 1. The van der Waals surface area contributed by atoms with Crippen LogP contribution in [0.5, 0.6) is 0 Å². The van der Waals surface area contributed by atoms with Crippen LogP contribution in [0.15, 0.2) is 18.2 Å². The summed E-state index contributed by atoms with van der Waals surface area (Å²) < 4.78 is 13.1. The third kappa shape index (κ3) is 2.63. The molecular formula is C14H19ClFN. The number of nitrogens with two attached hydrogens (primary N) is 1. The van der Waals surface area contributed by atoms with Crippen molar-refractivity contribution >= 4 is 11.6 Å². The minimum atomic E-state index is -0.278. The monoisotopic (exact) mass is 255 g/mol. The summed E-state index contributed by atoms with van der Waals surface area (Å²) in [5, 5.41) is 0.525. The Kier molecular flexibility index (Phi) is 4.05. The lowest BCUT2D eigenvalue weighted by Gasteiger charge is -2.33. The molecule has 0 radical (unpaired) electrons. The number of halogens is 2. The molecule has 1 aromatic rings. The molecule has 1 aliphatic rings. The number of rotatable bonds is 2. The summed E-state index contributed by atoms with van der Waals surface area (Å²) in [6, 6.07) is 4.71. The zero-order valence-corrected chi connectivity index (χ0v) is 10.8. The second kappa shape index (κ2) is 5.36. The van der Waals surface area contributed by atoms with Gasteiger partial charge in [0.15, 0.2) is 0 Å². The molecule has 17 heavy (non-hydrogen) atoms. The van der Waals surface area contributed by atoms with Crippen LogP contribution < -0.4 is 5.73 Å². The summed E-state index contributed by atoms with van der Waals surface area (Å²) in [5.41, 5.74) is 6.99. The van der Waals surface area contributed by atoms with Crippen LogP contribution in [-0.4, -0.2) is 6.54 Å². The molecule has 0 aromatic heterocycles. The van der Waals surface area contributed by atoms with E-state index in [9.17, 15) is 4.39 Å². The van der Waals surface area contributed by atoms with Gasteiger partial charge in [-0.25, -0.2) is 4.39 Å². The minimum absolute atomic E-state index is 0.0404. The van der Waals surface area contributed by atoms with Crippen LogP contribution in [0, 0.1) is 5.82 Å². The summed E-state index contributed by atoms with van der Waals surface area (Å²) in [6.45, 7) is 0.596. The highest BCUT2D eigenvalue weighted by Crippen LogP contribution is 2.40. The van der Waals surface area contributed by atoms with Gasteiger partial charge in [-0.15, -0.1) is 0 Å². The minimum Gasteiger partial charge on any atom is -0.330 e. The van der Waals surface area contributed by atoms with Gasteiger partial charge in [0.25, 0.3) is 0 Å². The summed E-state index contributed by atoms with van der Waals surface area (Å²) >= 11 is 6.19.